The molecule has 0 aliphatic heterocycles. The lowest BCUT2D eigenvalue weighted by molar-refractivity contribution is 1.31. The molecule has 4 rings (SSSR count). The third-order valence-electron chi connectivity index (χ3n) is 2.97. The van der Waals surface area contributed by atoms with Gasteiger partial charge >= 0.3 is 0 Å². The van der Waals surface area contributed by atoms with Crippen molar-refractivity contribution in [3.8, 4) is 0 Å². The highest BCUT2D eigenvalue weighted by atomic mass is 33.1. The molecule has 2 aromatic carbocycles. The Balaban J connectivity index is 1.56. The summed E-state index contributed by atoms with van der Waals surface area (Å²) < 4.78 is 4.23. The Morgan fingerprint density at radius 3 is 1.64 bits per heavy atom. The zero-order valence-electron chi connectivity index (χ0n) is 11.1. The average molecular weight is 363 g/mol. The van der Waals surface area contributed by atoms with Gasteiger partial charge in [0, 0.05) is 11.4 Å². The smallest absolute Gasteiger partial charge is 0.162 e. The highest BCUT2D eigenvalue weighted by Gasteiger charge is 2.09. The van der Waals surface area contributed by atoms with Crippen molar-refractivity contribution in [3.63, 3.8) is 0 Å². The molecular formula is C14H10N4S4. The summed E-state index contributed by atoms with van der Waals surface area (Å²) in [7, 11) is 3.25. The second-order valence-electron chi connectivity index (χ2n) is 4.58. The number of hydrogen-bond acceptors (Lipinski definition) is 8. The summed E-state index contributed by atoms with van der Waals surface area (Å²) in [6.45, 7) is 0. The quantitative estimate of drug-likeness (QED) is 0.400. The molecule has 0 aliphatic rings. The first-order valence-electron chi connectivity index (χ1n) is 6.34. The predicted molar refractivity (Wildman–Crippen MR) is 99.8 cm³/mol. The van der Waals surface area contributed by atoms with E-state index < -0.39 is 0 Å². The van der Waals surface area contributed by atoms with Crippen LogP contribution in [0.25, 0.3) is 20.4 Å². The Bertz CT molecular complexity index is 895. The Morgan fingerprint density at radius 1 is 0.727 bits per heavy atom. The van der Waals surface area contributed by atoms with E-state index in [0.717, 1.165) is 40.5 Å². The van der Waals surface area contributed by atoms with Gasteiger partial charge in [-0.25, -0.2) is 9.97 Å². The molecule has 0 atom stereocenters. The molecule has 0 bridgehead atoms. The number of thiazole rings is 2. The molecule has 0 spiro atoms. The van der Waals surface area contributed by atoms with Crippen LogP contribution in [0.1, 0.15) is 0 Å². The molecule has 0 amide bonds. The predicted octanol–water partition coefficient (Wildman–Crippen LogP) is 4.87. The fourth-order valence-corrected chi connectivity index (χ4v) is 6.57. The van der Waals surface area contributed by atoms with Gasteiger partial charge in [-0.2, -0.15) is 0 Å². The molecule has 0 radical (unpaired) electrons. The van der Waals surface area contributed by atoms with E-state index in [1.165, 1.54) is 0 Å². The lowest BCUT2D eigenvalue weighted by Crippen LogP contribution is -1.81. The molecule has 4 aromatic rings. The van der Waals surface area contributed by atoms with Crippen LogP contribution < -0.4 is 11.5 Å². The van der Waals surface area contributed by atoms with E-state index in [-0.39, 0.29) is 0 Å². The third-order valence-corrected chi connectivity index (χ3v) is 7.98. The number of rotatable bonds is 3. The van der Waals surface area contributed by atoms with Crippen LogP contribution in [0, 0.1) is 0 Å². The minimum absolute atomic E-state index is 0.768. The molecule has 0 unspecified atom stereocenters. The van der Waals surface area contributed by atoms with Gasteiger partial charge in [0.25, 0.3) is 0 Å². The molecule has 2 heterocycles. The van der Waals surface area contributed by atoms with E-state index in [2.05, 4.69) is 9.97 Å². The lowest BCUT2D eigenvalue weighted by atomic mass is 10.3. The van der Waals surface area contributed by atoms with E-state index in [9.17, 15) is 0 Å². The van der Waals surface area contributed by atoms with Gasteiger partial charge < -0.3 is 11.5 Å². The van der Waals surface area contributed by atoms with Crippen LogP contribution in [0.15, 0.2) is 45.1 Å². The number of benzene rings is 2. The minimum Gasteiger partial charge on any atom is -0.399 e. The maximum Gasteiger partial charge on any atom is 0.162 e. The van der Waals surface area contributed by atoms with Gasteiger partial charge in [-0.3, -0.25) is 0 Å². The van der Waals surface area contributed by atoms with Gasteiger partial charge in [0.05, 0.1) is 20.4 Å². The van der Waals surface area contributed by atoms with Gasteiger partial charge in [-0.15, -0.1) is 22.7 Å². The zero-order valence-corrected chi connectivity index (χ0v) is 14.4. The van der Waals surface area contributed by atoms with Crippen LogP contribution in [-0.4, -0.2) is 9.97 Å². The summed E-state index contributed by atoms with van der Waals surface area (Å²) in [6, 6.07) is 11.6. The van der Waals surface area contributed by atoms with Crippen molar-refractivity contribution in [3.05, 3.63) is 36.4 Å². The van der Waals surface area contributed by atoms with Gasteiger partial charge in [-0.05, 0) is 58.0 Å². The van der Waals surface area contributed by atoms with Crippen molar-refractivity contribution in [1.82, 2.24) is 9.97 Å². The molecule has 4 nitrogen and oxygen atoms in total. The normalized spacial score (nSPS) is 11.5. The van der Waals surface area contributed by atoms with Crippen LogP contribution in [0.2, 0.25) is 0 Å². The van der Waals surface area contributed by atoms with E-state index >= 15 is 0 Å². The Labute approximate surface area is 142 Å². The molecule has 2 aromatic heterocycles. The maximum atomic E-state index is 5.80. The zero-order chi connectivity index (χ0) is 15.1. The van der Waals surface area contributed by atoms with E-state index in [0.29, 0.717) is 0 Å². The summed E-state index contributed by atoms with van der Waals surface area (Å²) in [5, 5.41) is 0. The van der Waals surface area contributed by atoms with Crippen molar-refractivity contribution in [1.29, 1.82) is 0 Å². The molecule has 0 fully saturated rings. The van der Waals surface area contributed by atoms with Crippen LogP contribution in [0.3, 0.4) is 0 Å². The molecule has 0 aliphatic carbocycles. The summed E-state index contributed by atoms with van der Waals surface area (Å²) in [5.74, 6) is 0. The minimum atomic E-state index is 0.768. The molecule has 4 N–H and O–H groups in total. The van der Waals surface area contributed by atoms with Crippen molar-refractivity contribution < 1.29 is 0 Å². The van der Waals surface area contributed by atoms with E-state index in [4.69, 9.17) is 11.5 Å². The average Bonchev–Trinajstić information content (AvgIpc) is 3.07. The Morgan fingerprint density at radius 2 is 1.18 bits per heavy atom. The standard InChI is InChI=1S/C14H10N4S4/c15-7-1-3-9-11(5-7)19-13(17-9)21-22-14-18-10-4-2-8(16)6-12(10)20-14/h1-6H,15-16H2. The van der Waals surface area contributed by atoms with Crippen LogP contribution >= 0.6 is 44.3 Å². The highest BCUT2D eigenvalue weighted by Crippen LogP contribution is 2.43. The lowest BCUT2D eigenvalue weighted by Gasteiger charge is -1.90. The van der Waals surface area contributed by atoms with Crippen molar-refractivity contribution in [2.24, 2.45) is 0 Å². The Kier molecular flexibility index (Phi) is 3.61. The van der Waals surface area contributed by atoms with Crippen molar-refractivity contribution in [2.45, 2.75) is 8.68 Å². The number of aromatic nitrogens is 2. The maximum absolute atomic E-state index is 5.80. The van der Waals surface area contributed by atoms with Crippen LogP contribution in [0.5, 0.6) is 0 Å². The number of nitrogens with zero attached hydrogens (tertiary/aromatic N) is 2. The van der Waals surface area contributed by atoms with Crippen LogP contribution in [-0.2, 0) is 0 Å². The first-order chi connectivity index (χ1) is 10.7. The van der Waals surface area contributed by atoms with Gasteiger partial charge in [0.1, 0.15) is 0 Å². The van der Waals surface area contributed by atoms with Gasteiger partial charge in [0.2, 0.25) is 0 Å². The van der Waals surface area contributed by atoms with Crippen molar-refractivity contribution >= 4 is 76.1 Å². The monoisotopic (exact) mass is 362 g/mol. The number of nitrogens with two attached hydrogens (primary N) is 2. The SMILES string of the molecule is Nc1ccc2nc(SSc3nc4ccc(N)cc4s3)sc2c1. The fraction of sp³-hybridized carbons (Fsp3) is 0. The van der Waals surface area contributed by atoms with E-state index in [1.807, 2.05) is 36.4 Å². The second-order valence-corrected chi connectivity index (χ2v) is 9.27. The summed E-state index contributed by atoms with van der Waals surface area (Å²) >= 11 is 3.30. The molecule has 22 heavy (non-hydrogen) atoms. The molecule has 8 heteroatoms. The number of fused-ring (bicyclic) bond motifs is 2. The Hall–Kier alpha value is -1.48. The van der Waals surface area contributed by atoms with Crippen molar-refractivity contribution in [2.75, 3.05) is 11.5 Å². The summed E-state index contributed by atoms with van der Waals surface area (Å²) in [5.41, 5.74) is 15.1. The highest BCUT2D eigenvalue weighted by molar-refractivity contribution is 8.77. The first-order valence-corrected chi connectivity index (χ1v) is 10.1. The second kappa shape index (κ2) is 5.62. The van der Waals surface area contributed by atoms with E-state index in [1.54, 1.807) is 44.3 Å². The molecule has 0 saturated heterocycles. The van der Waals surface area contributed by atoms with Crippen LogP contribution in [0.4, 0.5) is 11.4 Å². The largest absolute Gasteiger partial charge is 0.399 e. The number of anilines is 2. The van der Waals surface area contributed by atoms with Gasteiger partial charge in [0.15, 0.2) is 8.68 Å². The fourth-order valence-electron chi connectivity index (χ4n) is 1.98. The topological polar surface area (TPSA) is 77.8 Å². The van der Waals surface area contributed by atoms with Gasteiger partial charge in [-0.1, -0.05) is 0 Å². The third kappa shape index (κ3) is 2.74. The molecular weight excluding hydrogens is 352 g/mol. The number of nitrogen functional groups attached to an aromatic ring is 2. The summed E-state index contributed by atoms with van der Waals surface area (Å²) in [6.07, 6.45) is 0. The first kappa shape index (κ1) is 14.1. The molecule has 0 saturated carbocycles. The number of hydrogen-bond donors (Lipinski definition) is 2. The summed E-state index contributed by atoms with van der Waals surface area (Å²) in [4.78, 5) is 9.20. The molecule has 110 valence electrons.